The topological polar surface area (TPSA) is 104 Å². The lowest BCUT2D eigenvalue weighted by molar-refractivity contribution is -0.153. The monoisotopic (exact) mass is 544 g/mol. The molecular weight excluding hydrogens is 516 g/mol. The molecule has 1 amide bonds. The van der Waals surface area contributed by atoms with Crippen LogP contribution in [-0.4, -0.2) is 66.6 Å². The van der Waals surface area contributed by atoms with Gasteiger partial charge in [0.25, 0.3) is 0 Å². The van der Waals surface area contributed by atoms with Crippen LogP contribution in [0, 0.1) is 0 Å². The Kier molecular flexibility index (Phi) is 7.50. The van der Waals surface area contributed by atoms with Crippen molar-refractivity contribution in [3.05, 3.63) is 82.9 Å². The molecule has 1 saturated heterocycles. The zero-order valence-corrected chi connectivity index (χ0v) is 22.4. The van der Waals surface area contributed by atoms with E-state index in [1.165, 1.54) is 11.9 Å². The van der Waals surface area contributed by atoms with E-state index >= 15 is 0 Å². The summed E-state index contributed by atoms with van der Waals surface area (Å²) in [6.07, 6.45) is 6.68. The number of carboxylic acid groups (broad SMARTS) is 1. The lowest BCUT2D eigenvalue weighted by Crippen LogP contribution is -2.61. The van der Waals surface area contributed by atoms with E-state index in [-0.39, 0.29) is 12.8 Å². The Morgan fingerprint density at radius 1 is 1.14 bits per heavy atom. The fourth-order valence-corrected chi connectivity index (χ4v) is 6.21. The quantitative estimate of drug-likeness (QED) is 0.562. The van der Waals surface area contributed by atoms with E-state index in [1.807, 2.05) is 24.3 Å². The second-order valence-electron chi connectivity index (χ2n) is 9.23. The van der Waals surface area contributed by atoms with Crippen LogP contribution in [0.15, 0.2) is 66.8 Å². The number of rotatable bonds is 7. The summed E-state index contributed by atoms with van der Waals surface area (Å²) >= 11 is 6.45. The zero-order chi connectivity index (χ0) is 27.0. The number of likely N-dealkylation sites (tertiary alicyclic amines) is 1. The van der Waals surface area contributed by atoms with Crippen LogP contribution in [-0.2, 0) is 19.6 Å². The molecule has 1 N–H and O–H groups in total. The van der Waals surface area contributed by atoms with Gasteiger partial charge < -0.3 is 14.7 Å². The first kappa shape index (κ1) is 26.9. The number of hydrogen-bond donors (Lipinski definition) is 1. The van der Waals surface area contributed by atoms with Gasteiger partial charge in [-0.3, -0.25) is 4.79 Å². The number of carbonyl (C=O) groups is 2. The molecular formula is C27H29ClN2O6S. The lowest BCUT2D eigenvalue weighted by Gasteiger charge is -2.43. The van der Waals surface area contributed by atoms with E-state index < -0.39 is 39.5 Å². The Morgan fingerprint density at radius 3 is 2.41 bits per heavy atom. The van der Waals surface area contributed by atoms with Crippen molar-refractivity contribution in [3.63, 3.8) is 0 Å². The van der Waals surface area contributed by atoms with Crippen LogP contribution in [0.2, 0.25) is 5.02 Å². The van der Waals surface area contributed by atoms with Crippen molar-refractivity contribution in [1.29, 1.82) is 0 Å². The fraction of sp³-hybridized carbons (Fsp3) is 0.333. The number of amides is 1. The molecule has 1 fully saturated rings. The lowest BCUT2D eigenvalue weighted by atomic mass is 9.84. The van der Waals surface area contributed by atoms with Crippen molar-refractivity contribution in [3.8, 4) is 5.75 Å². The van der Waals surface area contributed by atoms with Gasteiger partial charge in [0.15, 0.2) is 0 Å². The number of halogens is 1. The zero-order valence-electron chi connectivity index (χ0n) is 20.8. The van der Waals surface area contributed by atoms with Gasteiger partial charge >= 0.3 is 5.97 Å². The molecule has 0 radical (unpaired) electrons. The van der Waals surface area contributed by atoms with Gasteiger partial charge in [0, 0.05) is 17.6 Å². The minimum absolute atomic E-state index is 0.0113. The summed E-state index contributed by atoms with van der Waals surface area (Å²) in [4.78, 5) is 27.9. The molecule has 3 atom stereocenters. The molecule has 4 rings (SSSR count). The van der Waals surface area contributed by atoms with Gasteiger partial charge in [-0.25, -0.2) is 13.2 Å². The van der Waals surface area contributed by atoms with Crippen molar-refractivity contribution in [2.75, 3.05) is 20.4 Å². The molecule has 2 aliphatic rings. The molecule has 0 saturated carbocycles. The second kappa shape index (κ2) is 10.3. The predicted molar refractivity (Wildman–Crippen MR) is 142 cm³/mol. The number of hydrogen-bond acceptors (Lipinski definition) is 5. The third-order valence-electron chi connectivity index (χ3n) is 7.19. The van der Waals surface area contributed by atoms with E-state index in [0.717, 1.165) is 21.7 Å². The summed E-state index contributed by atoms with van der Waals surface area (Å²) in [5, 5.41) is 10.4. The maximum atomic E-state index is 14.4. The first-order chi connectivity index (χ1) is 17.5. The summed E-state index contributed by atoms with van der Waals surface area (Å²) < 4.78 is 32.0. The number of benzene rings is 2. The first-order valence-corrected chi connectivity index (χ1v) is 14.0. The number of sulfonamides is 1. The average Bonchev–Trinajstić information content (AvgIpc) is 3.33. The van der Waals surface area contributed by atoms with Crippen LogP contribution in [0.25, 0.3) is 5.57 Å². The van der Waals surface area contributed by atoms with Crippen LogP contribution >= 0.6 is 11.6 Å². The number of allylic oxidation sites excluding steroid dienone is 2. The van der Waals surface area contributed by atoms with E-state index in [0.29, 0.717) is 22.8 Å². The Labute approximate surface area is 221 Å². The third-order valence-corrected chi connectivity index (χ3v) is 8.85. The number of carbonyl (C=O) groups excluding carboxylic acids is 1. The van der Waals surface area contributed by atoms with Crippen LogP contribution in [0.3, 0.4) is 0 Å². The smallest absolute Gasteiger partial charge is 0.326 e. The van der Waals surface area contributed by atoms with Gasteiger partial charge in [-0.05, 0) is 42.5 Å². The average molecular weight is 545 g/mol. The number of aliphatic carboxylic acids is 1. The minimum Gasteiger partial charge on any atom is -0.496 e. The molecule has 0 bridgehead atoms. The van der Waals surface area contributed by atoms with Gasteiger partial charge in [0.1, 0.15) is 17.3 Å². The van der Waals surface area contributed by atoms with Gasteiger partial charge in [-0.2, -0.15) is 4.31 Å². The SMILES string of the molecule is COc1ccccc1C1=CCC(C(=O)N2[C@@H](c3ccccc3Cl)CC[C@H]2C(=O)O)(N(C)S(C)(=O)=O)C=C1. The fourth-order valence-electron chi connectivity index (χ4n) is 5.15. The van der Waals surface area contributed by atoms with Crippen molar-refractivity contribution < 1.29 is 27.9 Å². The number of carboxylic acids is 1. The van der Waals surface area contributed by atoms with Crippen LogP contribution < -0.4 is 4.74 Å². The van der Waals surface area contributed by atoms with Gasteiger partial charge in [-0.1, -0.05) is 66.2 Å². The molecule has 8 nitrogen and oxygen atoms in total. The molecule has 0 spiro atoms. The number of para-hydroxylation sites is 1. The number of ether oxygens (including phenoxy) is 1. The number of nitrogens with zero attached hydrogens (tertiary/aromatic N) is 2. The Bertz CT molecular complexity index is 1390. The van der Waals surface area contributed by atoms with E-state index in [4.69, 9.17) is 16.3 Å². The maximum absolute atomic E-state index is 14.4. The van der Waals surface area contributed by atoms with Gasteiger partial charge in [-0.15, -0.1) is 0 Å². The molecule has 196 valence electrons. The molecule has 1 aliphatic heterocycles. The summed E-state index contributed by atoms with van der Waals surface area (Å²) in [6, 6.07) is 12.6. The Morgan fingerprint density at radius 2 is 1.81 bits per heavy atom. The summed E-state index contributed by atoms with van der Waals surface area (Å²) in [5.41, 5.74) is 0.532. The molecule has 10 heteroatoms. The third kappa shape index (κ3) is 4.91. The van der Waals surface area contributed by atoms with Crippen molar-refractivity contribution >= 4 is 39.1 Å². The molecule has 1 aliphatic carbocycles. The van der Waals surface area contributed by atoms with Gasteiger partial charge in [0.2, 0.25) is 15.9 Å². The van der Waals surface area contributed by atoms with Crippen LogP contribution in [0.1, 0.15) is 36.4 Å². The normalized spacial score (nSPS) is 23.7. The highest BCUT2D eigenvalue weighted by Crippen LogP contribution is 2.44. The highest BCUT2D eigenvalue weighted by molar-refractivity contribution is 7.88. The van der Waals surface area contributed by atoms with Crippen molar-refractivity contribution in [2.45, 2.75) is 36.9 Å². The molecule has 2 aromatic carbocycles. The molecule has 0 aromatic heterocycles. The summed E-state index contributed by atoms with van der Waals surface area (Å²) in [5.74, 6) is -1.12. The van der Waals surface area contributed by atoms with E-state index in [9.17, 15) is 23.1 Å². The standard InChI is InChI=1S/C27H29ClN2O6S/c1-29(37(3,34)35)27(16-14-18(15-17-27)19-8-5-7-11-24(19)36-2)26(33)30-22(12-13-23(30)25(31)32)20-9-4-6-10-21(20)28/h4-11,14-16,22-23H,12-13,17H2,1-3H3,(H,31,32)/t22-,23+,27?/m1/s1. The number of likely N-dealkylation sites (N-methyl/N-ethyl adjacent to an activating group) is 1. The van der Waals surface area contributed by atoms with Gasteiger partial charge in [0.05, 0.1) is 19.4 Å². The van der Waals surface area contributed by atoms with E-state index in [2.05, 4.69) is 0 Å². The number of methoxy groups -OCH3 is 1. The van der Waals surface area contributed by atoms with Crippen molar-refractivity contribution in [1.82, 2.24) is 9.21 Å². The summed E-state index contributed by atoms with van der Waals surface area (Å²) in [7, 11) is -0.947. The molecule has 2 aromatic rings. The highest BCUT2D eigenvalue weighted by atomic mass is 35.5. The summed E-state index contributed by atoms with van der Waals surface area (Å²) in [6.45, 7) is 0. The maximum Gasteiger partial charge on any atom is 0.326 e. The second-order valence-corrected chi connectivity index (χ2v) is 11.7. The van der Waals surface area contributed by atoms with Crippen LogP contribution in [0.5, 0.6) is 5.75 Å². The molecule has 1 heterocycles. The first-order valence-electron chi connectivity index (χ1n) is 11.8. The van der Waals surface area contributed by atoms with E-state index in [1.54, 1.807) is 49.6 Å². The van der Waals surface area contributed by atoms with Crippen LogP contribution in [0.4, 0.5) is 0 Å². The molecule has 37 heavy (non-hydrogen) atoms. The highest BCUT2D eigenvalue weighted by Gasteiger charge is 2.53. The van der Waals surface area contributed by atoms with Crippen molar-refractivity contribution in [2.24, 2.45) is 0 Å². The predicted octanol–water partition coefficient (Wildman–Crippen LogP) is 4.14. The largest absolute Gasteiger partial charge is 0.496 e. The Balaban J connectivity index is 1.81. The minimum atomic E-state index is -3.85. The Hall–Kier alpha value is -3.14. The molecule has 1 unspecified atom stereocenters.